The first-order chi connectivity index (χ1) is 12.0. The zero-order valence-corrected chi connectivity index (χ0v) is 14.0. The van der Waals surface area contributed by atoms with Gasteiger partial charge in [-0.3, -0.25) is 4.79 Å². The summed E-state index contributed by atoms with van der Waals surface area (Å²) in [4.78, 5) is 26.1. The Labute approximate surface area is 146 Å². The number of hydrogen-bond acceptors (Lipinski definition) is 3. The van der Waals surface area contributed by atoms with Gasteiger partial charge in [0.25, 0.3) is 5.91 Å². The summed E-state index contributed by atoms with van der Waals surface area (Å²) in [6, 6.07) is 15.2. The molecule has 0 unspecified atom stereocenters. The number of nitrogens with one attached hydrogen (secondary N) is 1. The zero-order chi connectivity index (χ0) is 18.0. The molecule has 0 radical (unpaired) electrons. The van der Waals surface area contributed by atoms with Crippen LogP contribution in [-0.2, 0) is 4.79 Å². The molecule has 2 aromatic carbocycles. The van der Waals surface area contributed by atoms with Crippen molar-refractivity contribution in [1.82, 2.24) is 5.32 Å². The molecule has 3 rings (SSSR count). The van der Waals surface area contributed by atoms with Gasteiger partial charge in [-0.2, -0.15) is 0 Å². The number of anilines is 1. The normalized spacial score (nSPS) is 19.8. The summed E-state index contributed by atoms with van der Waals surface area (Å²) in [5, 5.41) is 11.6. The Morgan fingerprint density at radius 2 is 1.76 bits per heavy atom. The van der Waals surface area contributed by atoms with E-state index in [1.807, 2.05) is 56.3 Å². The molecule has 2 atom stereocenters. The molecule has 0 fully saturated rings. The van der Waals surface area contributed by atoms with Gasteiger partial charge in [-0.1, -0.05) is 42.5 Å². The van der Waals surface area contributed by atoms with Gasteiger partial charge < -0.3 is 20.1 Å². The third kappa shape index (κ3) is 3.28. The number of amides is 2. The maximum atomic E-state index is 13.2. The molecule has 1 aliphatic heterocycles. The number of nitrogens with zero attached hydrogens (tertiary/aromatic N) is 1. The van der Waals surface area contributed by atoms with E-state index >= 15 is 0 Å². The largest absolute Gasteiger partial charge is 0.481 e. The first kappa shape index (κ1) is 16.8. The lowest BCUT2D eigenvalue weighted by molar-refractivity contribution is -0.122. The summed E-state index contributed by atoms with van der Waals surface area (Å²) < 4.78 is 6.12. The molecule has 6 heteroatoms. The van der Waals surface area contributed by atoms with E-state index < -0.39 is 18.2 Å². The zero-order valence-electron chi connectivity index (χ0n) is 14.0. The third-order valence-electron chi connectivity index (χ3n) is 4.11. The Morgan fingerprint density at radius 1 is 1.12 bits per heavy atom. The van der Waals surface area contributed by atoms with E-state index in [1.165, 1.54) is 0 Å². The van der Waals surface area contributed by atoms with Crippen LogP contribution in [0, 0.1) is 0 Å². The third-order valence-corrected chi connectivity index (χ3v) is 4.11. The molecule has 2 amide bonds. The molecule has 0 bridgehead atoms. The van der Waals surface area contributed by atoms with Crippen LogP contribution in [0.25, 0.3) is 0 Å². The summed E-state index contributed by atoms with van der Waals surface area (Å²) in [6.07, 6.45) is -2.02. The highest BCUT2D eigenvalue weighted by atomic mass is 16.5. The second-order valence-corrected chi connectivity index (χ2v) is 6.15. The van der Waals surface area contributed by atoms with E-state index in [-0.39, 0.29) is 11.9 Å². The van der Waals surface area contributed by atoms with Crippen molar-refractivity contribution in [2.75, 3.05) is 4.90 Å². The minimum Gasteiger partial charge on any atom is -0.481 e. The predicted octanol–water partition coefficient (Wildman–Crippen LogP) is 3.20. The SMILES string of the molecule is CC(C)N1C(=O)[C@@H](NC(=O)O)[C@H](c2ccccc2)Oc2ccccc21. The van der Waals surface area contributed by atoms with Crippen molar-refractivity contribution in [1.29, 1.82) is 0 Å². The summed E-state index contributed by atoms with van der Waals surface area (Å²) in [7, 11) is 0. The molecule has 0 aliphatic carbocycles. The van der Waals surface area contributed by atoms with Crippen molar-refractivity contribution < 1.29 is 19.4 Å². The molecule has 0 saturated carbocycles. The highest BCUT2D eigenvalue weighted by Crippen LogP contribution is 2.38. The lowest BCUT2D eigenvalue weighted by atomic mass is 10.0. The van der Waals surface area contributed by atoms with E-state index in [1.54, 1.807) is 17.0 Å². The smallest absolute Gasteiger partial charge is 0.405 e. The number of carboxylic acid groups (broad SMARTS) is 1. The summed E-state index contributed by atoms with van der Waals surface area (Å²) >= 11 is 0. The Morgan fingerprint density at radius 3 is 2.40 bits per heavy atom. The van der Waals surface area contributed by atoms with Crippen LogP contribution >= 0.6 is 0 Å². The van der Waals surface area contributed by atoms with Gasteiger partial charge >= 0.3 is 6.09 Å². The summed E-state index contributed by atoms with van der Waals surface area (Å²) in [5.41, 5.74) is 1.37. The molecular formula is C19H20N2O4. The maximum absolute atomic E-state index is 13.2. The van der Waals surface area contributed by atoms with E-state index in [0.29, 0.717) is 11.4 Å². The Bertz CT molecular complexity index is 776. The van der Waals surface area contributed by atoms with Crippen LogP contribution in [-0.4, -0.2) is 29.2 Å². The van der Waals surface area contributed by atoms with Crippen LogP contribution < -0.4 is 15.0 Å². The van der Waals surface area contributed by atoms with Gasteiger partial charge in [-0.05, 0) is 31.5 Å². The number of para-hydroxylation sites is 2. The first-order valence-corrected chi connectivity index (χ1v) is 8.12. The van der Waals surface area contributed by atoms with Crippen LogP contribution in [0.4, 0.5) is 10.5 Å². The van der Waals surface area contributed by atoms with Crippen LogP contribution in [0.5, 0.6) is 5.75 Å². The molecule has 0 aromatic heterocycles. The number of fused-ring (bicyclic) bond motifs is 1. The number of carbonyl (C=O) groups excluding carboxylic acids is 1. The van der Waals surface area contributed by atoms with Gasteiger partial charge in [0, 0.05) is 6.04 Å². The average molecular weight is 340 g/mol. The molecule has 1 heterocycles. The molecule has 130 valence electrons. The van der Waals surface area contributed by atoms with Crippen molar-refractivity contribution in [3.05, 3.63) is 60.2 Å². The number of carbonyl (C=O) groups is 2. The van der Waals surface area contributed by atoms with Crippen LogP contribution in [0.3, 0.4) is 0 Å². The fraction of sp³-hybridized carbons (Fsp3) is 0.263. The molecule has 2 aromatic rings. The Balaban J connectivity index is 2.14. The monoisotopic (exact) mass is 340 g/mol. The Hall–Kier alpha value is -3.02. The number of hydrogen-bond donors (Lipinski definition) is 2. The van der Waals surface area contributed by atoms with Crippen molar-refractivity contribution in [2.24, 2.45) is 0 Å². The van der Waals surface area contributed by atoms with Crippen LogP contribution in [0.1, 0.15) is 25.5 Å². The summed E-state index contributed by atoms with van der Waals surface area (Å²) in [6.45, 7) is 3.77. The Kier molecular flexibility index (Phi) is 4.61. The minimum absolute atomic E-state index is 0.148. The lowest BCUT2D eigenvalue weighted by Crippen LogP contribution is -2.53. The molecule has 1 aliphatic rings. The fourth-order valence-corrected chi connectivity index (χ4v) is 3.07. The number of rotatable bonds is 3. The first-order valence-electron chi connectivity index (χ1n) is 8.12. The van der Waals surface area contributed by atoms with Gasteiger partial charge in [0.15, 0.2) is 12.1 Å². The van der Waals surface area contributed by atoms with Gasteiger partial charge in [0.05, 0.1) is 5.69 Å². The second-order valence-electron chi connectivity index (χ2n) is 6.15. The molecule has 0 spiro atoms. The van der Waals surface area contributed by atoms with Gasteiger partial charge in [0.1, 0.15) is 5.75 Å². The fourth-order valence-electron chi connectivity index (χ4n) is 3.07. The van der Waals surface area contributed by atoms with E-state index in [4.69, 9.17) is 4.74 Å². The van der Waals surface area contributed by atoms with Gasteiger partial charge in [-0.15, -0.1) is 0 Å². The number of ether oxygens (including phenoxy) is 1. The topological polar surface area (TPSA) is 78.9 Å². The van der Waals surface area contributed by atoms with Gasteiger partial charge in [0.2, 0.25) is 0 Å². The standard InChI is InChI=1S/C19H20N2O4/c1-12(2)21-14-10-6-7-11-15(14)25-17(13-8-4-3-5-9-13)16(18(21)22)20-19(23)24/h3-12,16-17,20H,1-2H3,(H,23,24)/t16-,17-/m0/s1. The highest BCUT2D eigenvalue weighted by molar-refractivity contribution is 6.01. The van der Waals surface area contributed by atoms with Crippen molar-refractivity contribution in [2.45, 2.75) is 32.0 Å². The van der Waals surface area contributed by atoms with Crippen molar-refractivity contribution in [3.8, 4) is 5.75 Å². The lowest BCUT2D eigenvalue weighted by Gasteiger charge is -2.29. The molecule has 2 N–H and O–H groups in total. The van der Waals surface area contributed by atoms with Gasteiger partial charge in [-0.25, -0.2) is 4.79 Å². The molecule has 0 saturated heterocycles. The van der Waals surface area contributed by atoms with E-state index in [2.05, 4.69) is 5.32 Å². The highest BCUT2D eigenvalue weighted by Gasteiger charge is 2.41. The van der Waals surface area contributed by atoms with Crippen molar-refractivity contribution >= 4 is 17.7 Å². The average Bonchev–Trinajstić information content (AvgIpc) is 2.70. The predicted molar refractivity (Wildman–Crippen MR) is 93.8 cm³/mol. The molecule has 6 nitrogen and oxygen atoms in total. The number of benzene rings is 2. The molecular weight excluding hydrogens is 320 g/mol. The van der Waals surface area contributed by atoms with E-state index in [9.17, 15) is 14.7 Å². The van der Waals surface area contributed by atoms with Crippen molar-refractivity contribution in [3.63, 3.8) is 0 Å². The van der Waals surface area contributed by atoms with E-state index in [0.717, 1.165) is 5.56 Å². The summed E-state index contributed by atoms with van der Waals surface area (Å²) in [5.74, 6) is 0.212. The molecule has 25 heavy (non-hydrogen) atoms. The van der Waals surface area contributed by atoms with Crippen LogP contribution in [0.2, 0.25) is 0 Å². The second kappa shape index (κ2) is 6.84. The quantitative estimate of drug-likeness (QED) is 0.899. The maximum Gasteiger partial charge on any atom is 0.405 e. The minimum atomic E-state index is -1.27. The van der Waals surface area contributed by atoms with Crippen LogP contribution in [0.15, 0.2) is 54.6 Å².